The number of carbonyl (C=O) groups is 1. The molecule has 0 unspecified atom stereocenters. The minimum Gasteiger partial charge on any atom is -0.494 e. The minimum absolute atomic E-state index is 0.0923. The molecule has 1 saturated heterocycles. The zero-order chi connectivity index (χ0) is 24.4. The van der Waals surface area contributed by atoms with Crippen molar-refractivity contribution in [3.8, 4) is 5.75 Å². The number of pyridine rings is 1. The molecule has 35 heavy (non-hydrogen) atoms. The van der Waals surface area contributed by atoms with Crippen LogP contribution in [-0.2, 0) is 11.3 Å². The van der Waals surface area contributed by atoms with Gasteiger partial charge in [0.2, 0.25) is 5.91 Å². The van der Waals surface area contributed by atoms with Crippen LogP contribution in [0.1, 0.15) is 38.7 Å². The summed E-state index contributed by atoms with van der Waals surface area (Å²) >= 11 is 2.70. The second-order valence-electron chi connectivity index (χ2n) is 8.68. The lowest BCUT2D eigenvalue weighted by Crippen LogP contribution is -2.43. The molecule has 1 aliphatic heterocycles. The molecule has 4 aromatic rings. The average molecular weight is 509 g/mol. The predicted octanol–water partition coefficient (Wildman–Crippen LogP) is 4.95. The second kappa shape index (κ2) is 10.4. The van der Waals surface area contributed by atoms with Gasteiger partial charge in [-0.15, -0.1) is 11.3 Å². The normalized spacial score (nSPS) is 16.2. The van der Waals surface area contributed by atoms with E-state index in [1.54, 1.807) is 10.8 Å². The van der Waals surface area contributed by atoms with Crippen LogP contribution in [0, 0.1) is 0 Å². The van der Waals surface area contributed by atoms with Crippen molar-refractivity contribution in [3.63, 3.8) is 0 Å². The monoisotopic (exact) mass is 508 g/mol. The van der Waals surface area contributed by atoms with Gasteiger partial charge in [-0.2, -0.15) is 0 Å². The molecule has 0 spiro atoms. The maximum Gasteiger partial charge on any atom is 0.272 e. The molecule has 1 atom stereocenters. The highest BCUT2D eigenvalue weighted by molar-refractivity contribution is 7.99. The first-order valence-corrected chi connectivity index (χ1v) is 13.8. The molecule has 9 heteroatoms. The molecule has 3 aromatic heterocycles. The number of piperidine rings is 1. The van der Waals surface area contributed by atoms with Crippen molar-refractivity contribution in [1.29, 1.82) is 0 Å². The average Bonchev–Trinajstić information content (AvgIpc) is 3.25. The van der Waals surface area contributed by atoms with E-state index < -0.39 is 0 Å². The lowest BCUT2D eigenvalue weighted by Gasteiger charge is -2.33. The number of thiophene rings is 1. The number of aromatic nitrogens is 3. The van der Waals surface area contributed by atoms with Gasteiger partial charge in [-0.1, -0.05) is 30.0 Å². The fourth-order valence-corrected chi connectivity index (χ4v) is 6.48. The summed E-state index contributed by atoms with van der Waals surface area (Å²) in [5.41, 5.74) is 1.43. The highest BCUT2D eigenvalue weighted by atomic mass is 32.2. The molecule has 0 saturated carbocycles. The number of hydrogen-bond acceptors (Lipinski definition) is 7. The number of rotatable bonds is 7. The molecular weight excluding hydrogens is 480 g/mol. The fraction of sp³-hybridized carbons (Fsp3) is 0.385. The molecular formula is C26H28N4O3S2. The molecule has 1 amide bonds. The lowest BCUT2D eigenvalue weighted by atomic mass is 10.0. The summed E-state index contributed by atoms with van der Waals surface area (Å²) in [6.07, 6.45) is 4.96. The van der Waals surface area contributed by atoms with Crippen molar-refractivity contribution in [2.24, 2.45) is 0 Å². The van der Waals surface area contributed by atoms with Crippen LogP contribution in [0.5, 0.6) is 5.75 Å². The van der Waals surface area contributed by atoms with E-state index in [2.05, 4.69) is 11.9 Å². The van der Waals surface area contributed by atoms with Crippen LogP contribution >= 0.6 is 23.1 Å². The molecule has 4 heterocycles. The Morgan fingerprint density at radius 2 is 2.09 bits per heavy atom. The quantitative estimate of drug-likeness (QED) is 0.260. The number of nitrogens with zero attached hydrogens (tertiary/aromatic N) is 4. The maximum absolute atomic E-state index is 13.7. The van der Waals surface area contributed by atoms with Crippen LogP contribution < -0.4 is 10.3 Å². The van der Waals surface area contributed by atoms with Crippen LogP contribution in [-0.4, -0.2) is 50.3 Å². The number of likely N-dealkylation sites (tertiary alicyclic amines) is 1. The molecule has 0 bridgehead atoms. The Balaban J connectivity index is 1.55. The topological polar surface area (TPSA) is 77.3 Å². The van der Waals surface area contributed by atoms with E-state index in [1.807, 2.05) is 48.2 Å². The third-order valence-corrected chi connectivity index (χ3v) is 8.42. The van der Waals surface area contributed by atoms with Crippen LogP contribution in [0.25, 0.3) is 20.4 Å². The second-order valence-corrected chi connectivity index (χ2v) is 10.6. The van der Waals surface area contributed by atoms with Crippen LogP contribution in [0.15, 0.2) is 52.5 Å². The Morgan fingerprint density at radius 3 is 2.91 bits per heavy atom. The van der Waals surface area contributed by atoms with E-state index in [-0.39, 0.29) is 23.3 Å². The SMILES string of the molecule is CCOc1ccccc1Cn1c(SCC(=O)N2CCCC[C@@H]2C)nc2c(sc3ncccc32)c1=O. The van der Waals surface area contributed by atoms with E-state index in [1.165, 1.54) is 23.1 Å². The van der Waals surface area contributed by atoms with Crippen molar-refractivity contribution >= 4 is 49.4 Å². The van der Waals surface area contributed by atoms with E-state index >= 15 is 0 Å². The predicted molar refractivity (Wildman–Crippen MR) is 142 cm³/mol. The lowest BCUT2D eigenvalue weighted by molar-refractivity contribution is -0.131. The van der Waals surface area contributed by atoms with Gasteiger partial charge in [0.25, 0.3) is 5.56 Å². The summed E-state index contributed by atoms with van der Waals surface area (Å²) in [6.45, 7) is 5.69. The zero-order valence-electron chi connectivity index (χ0n) is 19.9. The number of fused-ring (bicyclic) bond motifs is 3. The fourth-order valence-electron chi connectivity index (χ4n) is 4.57. The number of thioether (sulfide) groups is 1. The van der Waals surface area contributed by atoms with Gasteiger partial charge in [0.15, 0.2) is 5.16 Å². The van der Waals surface area contributed by atoms with E-state index in [0.29, 0.717) is 28.5 Å². The van der Waals surface area contributed by atoms with Gasteiger partial charge in [-0.3, -0.25) is 14.2 Å². The van der Waals surface area contributed by atoms with Crippen molar-refractivity contribution < 1.29 is 9.53 Å². The van der Waals surface area contributed by atoms with Crippen molar-refractivity contribution in [3.05, 3.63) is 58.5 Å². The molecule has 0 radical (unpaired) electrons. The zero-order valence-corrected chi connectivity index (χ0v) is 21.5. The summed E-state index contributed by atoms with van der Waals surface area (Å²) in [5.74, 6) is 1.08. The number of hydrogen-bond donors (Lipinski definition) is 0. The van der Waals surface area contributed by atoms with Crippen molar-refractivity contribution in [2.75, 3.05) is 18.9 Å². The van der Waals surface area contributed by atoms with Crippen molar-refractivity contribution in [1.82, 2.24) is 19.4 Å². The van der Waals surface area contributed by atoms with Crippen LogP contribution in [0.2, 0.25) is 0 Å². The maximum atomic E-state index is 13.7. The Bertz CT molecular complexity index is 1430. The molecule has 0 aliphatic carbocycles. The van der Waals surface area contributed by atoms with Crippen molar-refractivity contribution in [2.45, 2.75) is 50.9 Å². The third kappa shape index (κ3) is 4.79. The smallest absolute Gasteiger partial charge is 0.272 e. The largest absolute Gasteiger partial charge is 0.494 e. The van der Waals surface area contributed by atoms with Gasteiger partial charge in [0, 0.05) is 29.7 Å². The molecule has 7 nitrogen and oxygen atoms in total. The van der Waals surface area contributed by atoms with Gasteiger partial charge in [0.1, 0.15) is 15.3 Å². The van der Waals surface area contributed by atoms with Crippen LogP contribution in [0.3, 0.4) is 0 Å². The first kappa shape index (κ1) is 23.8. The Hall–Kier alpha value is -2.91. The molecule has 0 N–H and O–H groups in total. The Morgan fingerprint density at radius 1 is 1.23 bits per heavy atom. The first-order valence-electron chi connectivity index (χ1n) is 12.0. The molecule has 182 valence electrons. The molecule has 1 fully saturated rings. The van der Waals surface area contributed by atoms with E-state index in [9.17, 15) is 9.59 Å². The van der Waals surface area contributed by atoms with Gasteiger partial charge in [0.05, 0.1) is 24.4 Å². The molecule has 1 aliphatic rings. The van der Waals surface area contributed by atoms with Gasteiger partial charge in [-0.05, 0) is 51.3 Å². The van der Waals surface area contributed by atoms with Gasteiger partial charge >= 0.3 is 0 Å². The van der Waals surface area contributed by atoms with Gasteiger partial charge in [-0.25, -0.2) is 9.97 Å². The summed E-state index contributed by atoms with van der Waals surface area (Å²) < 4.78 is 8.05. The Kier molecular flexibility index (Phi) is 7.06. The van der Waals surface area contributed by atoms with E-state index in [4.69, 9.17) is 9.72 Å². The standard InChI is InChI=1S/C26H28N4O3S2/c1-3-33-20-12-5-4-10-18(20)15-30-25(32)23-22(19-11-8-13-27-24(19)35-23)28-26(30)34-16-21(31)29-14-7-6-9-17(29)2/h4-5,8,10-13,17H,3,6-7,9,14-16H2,1-2H3/t17-/m0/s1. The number of ether oxygens (including phenoxy) is 1. The summed E-state index contributed by atoms with van der Waals surface area (Å²) in [5, 5.41) is 1.40. The third-order valence-electron chi connectivity index (χ3n) is 6.37. The summed E-state index contributed by atoms with van der Waals surface area (Å²) in [7, 11) is 0. The van der Waals surface area contributed by atoms with E-state index in [0.717, 1.165) is 47.3 Å². The molecule has 1 aromatic carbocycles. The summed E-state index contributed by atoms with van der Waals surface area (Å²) in [6, 6.07) is 11.8. The molecule has 5 rings (SSSR count). The number of amides is 1. The van der Waals surface area contributed by atoms with Crippen LogP contribution in [0.4, 0.5) is 0 Å². The number of para-hydroxylation sites is 1. The Labute approximate surface area is 212 Å². The number of benzene rings is 1. The highest BCUT2D eigenvalue weighted by Gasteiger charge is 2.24. The first-order chi connectivity index (χ1) is 17.1. The van der Waals surface area contributed by atoms with Gasteiger partial charge < -0.3 is 9.64 Å². The highest BCUT2D eigenvalue weighted by Crippen LogP contribution is 2.31. The summed E-state index contributed by atoms with van der Waals surface area (Å²) in [4.78, 5) is 38.9. The minimum atomic E-state index is -0.120. The number of carbonyl (C=O) groups excluding carboxylic acids is 1.